The lowest BCUT2D eigenvalue weighted by Crippen LogP contribution is -2.41. The van der Waals surface area contributed by atoms with Crippen molar-refractivity contribution in [2.45, 2.75) is 52.1 Å². The molecule has 0 spiro atoms. The Morgan fingerprint density at radius 3 is 2.70 bits per heavy atom. The van der Waals surface area contributed by atoms with E-state index in [9.17, 15) is 9.59 Å². The Labute approximate surface area is 119 Å². The molecular weight excluding hydrogens is 254 g/mol. The van der Waals surface area contributed by atoms with Gasteiger partial charge in [-0.1, -0.05) is 13.8 Å². The van der Waals surface area contributed by atoms with Crippen LogP contribution in [0.2, 0.25) is 0 Å². The van der Waals surface area contributed by atoms with E-state index in [0.29, 0.717) is 0 Å². The fourth-order valence-corrected chi connectivity index (χ4v) is 2.64. The zero-order chi connectivity index (χ0) is 14.7. The van der Waals surface area contributed by atoms with E-state index >= 15 is 0 Å². The summed E-state index contributed by atoms with van der Waals surface area (Å²) in [4.78, 5) is 30.0. The number of anilines is 1. The molecule has 2 amide bonds. The molecule has 0 aromatic carbocycles. The molecule has 0 bridgehead atoms. The summed E-state index contributed by atoms with van der Waals surface area (Å²) in [5.41, 5.74) is 1.71. The van der Waals surface area contributed by atoms with Crippen LogP contribution in [0.4, 0.5) is 5.69 Å². The van der Waals surface area contributed by atoms with Crippen molar-refractivity contribution in [3.8, 4) is 0 Å². The Hall–Kier alpha value is -1.91. The van der Waals surface area contributed by atoms with Crippen LogP contribution in [-0.2, 0) is 9.59 Å². The van der Waals surface area contributed by atoms with Crippen molar-refractivity contribution in [2.24, 2.45) is 0 Å². The summed E-state index contributed by atoms with van der Waals surface area (Å²) in [5, 5.41) is 3.14. The maximum absolute atomic E-state index is 12.4. The second kappa shape index (κ2) is 6.03. The molecule has 1 aromatic rings. The fourth-order valence-electron chi connectivity index (χ4n) is 2.64. The molecular formula is C15H21N3O2. The summed E-state index contributed by atoms with van der Waals surface area (Å²) in [6.07, 6.45) is 3.53. The van der Waals surface area contributed by atoms with Crippen LogP contribution in [0.25, 0.3) is 0 Å². The van der Waals surface area contributed by atoms with Crippen molar-refractivity contribution >= 4 is 17.5 Å². The molecule has 1 aliphatic heterocycles. The van der Waals surface area contributed by atoms with Gasteiger partial charge < -0.3 is 5.32 Å². The highest BCUT2D eigenvalue weighted by molar-refractivity contribution is 6.07. The van der Waals surface area contributed by atoms with Crippen molar-refractivity contribution in [3.05, 3.63) is 24.0 Å². The smallest absolute Gasteiger partial charge is 0.252 e. The van der Waals surface area contributed by atoms with E-state index in [2.05, 4.69) is 10.3 Å². The normalized spacial score (nSPS) is 19.0. The molecule has 1 N–H and O–H groups in total. The second-order valence-electron chi connectivity index (χ2n) is 5.16. The maximum Gasteiger partial charge on any atom is 0.252 e. The van der Waals surface area contributed by atoms with E-state index in [1.807, 2.05) is 32.9 Å². The van der Waals surface area contributed by atoms with E-state index in [0.717, 1.165) is 24.2 Å². The zero-order valence-corrected chi connectivity index (χ0v) is 12.2. The fraction of sp³-hybridized carbons (Fsp3) is 0.533. The summed E-state index contributed by atoms with van der Waals surface area (Å²) >= 11 is 0. The number of aryl methyl sites for hydroxylation is 1. The highest BCUT2D eigenvalue weighted by atomic mass is 16.2. The number of aromatic nitrogens is 1. The molecule has 1 aromatic heterocycles. The number of carbonyl (C=O) groups excluding carboxylic acids is 2. The van der Waals surface area contributed by atoms with E-state index < -0.39 is 6.04 Å². The largest absolute Gasteiger partial charge is 0.373 e. The molecule has 0 saturated carbocycles. The third-order valence-electron chi connectivity index (χ3n) is 3.73. The lowest BCUT2D eigenvalue weighted by Gasteiger charge is -2.24. The van der Waals surface area contributed by atoms with Gasteiger partial charge in [0, 0.05) is 23.6 Å². The average Bonchev–Trinajstić information content (AvgIpc) is 2.68. The van der Waals surface area contributed by atoms with Gasteiger partial charge in [0.1, 0.15) is 6.04 Å². The topological polar surface area (TPSA) is 62.3 Å². The first-order valence-corrected chi connectivity index (χ1v) is 7.11. The van der Waals surface area contributed by atoms with Crippen LogP contribution in [0.1, 0.15) is 38.8 Å². The summed E-state index contributed by atoms with van der Waals surface area (Å²) in [5.74, 6) is -0.190. The van der Waals surface area contributed by atoms with Crippen molar-refractivity contribution in [1.82, 2.24) is 9.88 Å². The van der Waals surface area contributed by atoms with Gasteiger partial charge in [0.05, 0.1) is 6.42 Å². The maximum atomic E-state index is 12.4. The lowest BCUT2D eigenvalue weighted by atomic mass is 10.1. The van der Waals surface area contributed by atoms with Gasteiger partial charge in [0.25, 0.3) is 5.91 Å². The number of amides is 2. The predicted octanol–water partition coefficient (Wildman–Crippen LogP) is 2.12. The van der Waals surface area contributed by atoms with Crippen LogP contribution < -0.4 is 5.32 Å². The SMILES string of the molecule is CCC(CC)N1C(=O)CC(Nc2ccnc(C)c2)C1=O. The summed E-state index contributed by atoms with van der Waals surface area (Å²) < 4.78 is 0. The van der Waals surface area contributed by atoms with Crippen molar-refractivity contribution in [2.75, 3.05) is 5.32 Å². The summed E-state index contributed by atoms with van der Waals surface area (Å²) in [6.45, 7) is 5.90. The van der Waals surface area contributed by atoms with E-state index in [-0.39, 0.29) is 24.3 Å². The Morgan fingerprint density at radius 1 is 1.40 bits per heavy atom. The van der Waals surface area contributed by atoms with Crippen molar-refractivity contribution < 1.29 is 9.59 Å². The molecule has 1 unspecified atom stereocenters. The first-order valence-electron chi connectivity index (χ1n) is 7.11. The Kier molecular flexibility index (Phi) is 4.37. The highest BCUT2D eigenvalue weighted by Crippen LogP contribution is 2.23. The number of imide groups is 1. The van der Waals surface area contributed by atoms with E-state index in [4.69, 9.17) is 0 Å². The van der Waals surface area contributed by atoms with Gasteiger partial charge in [-0.3, -0.25) is 19.5 Å². The number of nitrogens with zero attached hydrogens (tertiary/aromatic N) is 2. The number of rotatable bonds is 5. The first kappa shape index (κ1) is 14.5. The van der Waals surface area contributed by atoms with Crippen LogP contribution in [0.15, 0.2) is 18.3 Å². The average molecular weight is 275 g/mol. The number of carbonyl (C=O) groups is 2. The predicted molar refractivity (Wildman–Crippen MR) is 77.2 cm³/mol. The molecule has 5 nitrogen and oxygen atoms in total. The molecule has 108 valence electrons. The van der Waals surface area contributed by atoms with Gasteiger partial charge in [0.2, 0.25) is 5.91 Å². The Balaban J connectivity index is 2.12. The molecule has 2 rings (SSSR count). The van der Waals surface area contributed by atoms with Gasteiger partial charge in [-0.15, -0.1) is 0 Å². The molecule has 2 heterocycles. The standard InChI is InChI=1S/C15H21N3O2/c1-4-12(5-2)18-14(19)9-13(15(18)20)17-11-6-7-16-10(3)8-11/h6-8,12-13H,4-5,9H2,1-3H3,(H,16,17). The quantitative estimate of drug-likeness (QED) is 0.836. The lowest BCUT2D eigenvalue weighted by molar-refractivity contribution is -0.141. The molecule has 0 radical (unpaired) electrons. The first-order chi connectivity index (χ1) is 9.56. The minimum atomic E-state index is -0.454. The Bertz CT molecular complexity index is 512. The van der Waals surface area contributed by atoms with Crippen LogP contribution in [-0.4, -0.2) is 33.8 Å². The molecule has 5 heteroatoms. The van der Waals surface area contributed by atoms with Crippen molar-refractivity contribution in [3.63, 3.8) is 0 Å². The van der Waals surface area contributed by atoms with Gasteiger partial charge in [-0.2, -0.15) is 0 Å². The number of hydrogen-bond donors (Lipinski definition) is 1. The highest BCUT2D eigenvalue weighted by Gasteiger charge is 2.41. The van der Waals surface area contributed by atoms with Gasteiger partial charge in [-0.05, 0) is 31.9 Å². The molecule has 1 aliphatic rings. The van der Waals surface area contributed by atoms with Crippen LogP contribution >= 0.6 is 0 Å². The minimum absolute atomic E-state index is 0.0148. The van der Waals surface area contributed by atoms with Crippen molar-refractivity contribution in [1.29, 1.82) is 0 Å². The minimum Gasteiger partial charge on any atom is -0.373 e. The molecule has 20 heavy (non-hydrogen) atoms. The van der Waals surface area contributed by atoms with Crippen LogP contribution in [0.5, 0.6) is 0 Å². The third-order valence-corrected chi connectivity index (χ3v) is 3.73. The Morgan fingerprint density at radius 2 is 2.10 bits per heavy atom. The molecule has 1 saturated heterocycles. The van der Waals surface area contributed by atoms with Gasteiger partial charge in [0.15, 0.2) is 0 Å². The van der Waals surface area contributed by atoms with Gasteiger partial charge >= 0.3 is 0 Å². The second-order valence-corrected chi connectivity index (χ2v) is 5.16. The van der Waals surface area contributed by atoms with E-state index in [1.165, 1.54) is 4.90 Å². The summed E-state index contributed by atoms with van der Waals surface area (Å²) in [6, 6.07) is 3.24. The van der Waals surface area contributed by atoms with Crippen LogP contribution in [0.3, 0.4) is 0 Å². The molecule has 1 atom stereocenters. The van der Waals surface area contributed by atoms with E-state index in [1.54, 1.807) is 6.20 Å². The van der Waals surface area contributed by atoms with Gasteiger partial charge in [-0.25, -0.2) is 0 Å². The number of nitrogens with one attached hydrogen (secondary N) is 1. The number of pyridine rings is 1. The third kappa shape index (κ3) is 2.81. The number of hydrogen-bond acceptors (Lipinski definition) is 4. The summed E-state index contributed by atoms with van der Waals surface area (Å²) in [7, 11) is 0. The molecule has 1 fully saturated rings. The number of likely N-dealkylation sites (tertiary alicyclic amines) is 1. The zero-order valence-electron chi connectivity index (χ0n) is 12.2. The molecule has 0 aliphatic carbocycles. The monoisotopic (exact) mass is 275 g/mol. The van der Waals surface area contributed by atoms with Crippen LogP contribution in [0, 0.1) is 6.92 Å².